The zero-order valence-electron chi connectivity index (χ0n) is 11.6. The Morgan fingerprint density at radius 2 is 1.86 bits per heavy atom. The standard InChI is InChI=1S/C16H14ClN3OS/c17-16(12-6-2-1-3-7-12)19-13-8-4-5-9-14(13)22-10-15-18-11-21-20-15/h1-9,11,16,19H,10H2. The molecule has 0 saturated carbocycles. The summed E-state index contributed by atoms with van der Waals surface area (Å²) in [4.78, 5) is 5.12. The van der Waals surface area contributed by atoms with Crippen molar-refractivity contribution in [2.75, 3.05) is 5.32 Å². The lowest BCUT2D eigenvalue weighted by atomic mass is 10.2. The van der Waals surface area contributed by atoms with Gasteiger partial charge in [-0.05, 0) is 17.7 Å². The molecule has 6 heteroatoms. The van der Waals surface area contributed by atoms with Crippen molar-refractivity contribution >= 4 is 29.1 Å². The average Bonchev–Trinajstić information content (AvgIpc) is 3.08. The molecule has 112 valence electrons. The fourth-order valence-corrected chi connectivity index (χ4v) is 3.08. The van der Waals surface area contributed by atoms with Gasteiger partial charge >= 0.3 is 0 Å². The summed E-state index contributed by atoms with van der Waals surface area (Å²) in [6.45, 7) is 0. The van der Waals surface area contributed by atoms with Crippen LogP contribution in [0.2, 0.25) is 0 Å². The number of anilines is 1. The average molecular weight is 332 g/mol. The highest BCUT2D eigenvalue weighted by molar-refractivity contribution is 7.98. The second kappa shape index (κ2) is 7.33. The largest absolute Gasteiger partial charge is 0.365 e. The van der Waals surface area contributed by atoms with Gasteiger partial charge in [-0.3, -0.25) is 0 Å². The van der Waals surface area contributed by atoms with E-state index in [1.54, 1.807) is 11.8 Å². The number of thioether (sulfide) groups is 1. The summed E-state index contributed by atoms with van der Waals surface area (Å²) in [6, 6.07) is 18.0. The third-order valence-corrected chi connectivity index (χ3v) is 4.46. The van der Waals surface area contributed by atoms with Crippen LogP contribution in [0.5, 0.6) is 0 Å². The van der Waals surface area contributed by atoms with Gasteiger partial charge in [-0.2, -0.15) is 4.98 Å². The van der Waals surface area contributed by atoms with Crippen molar-refractivity contribution in [3.63, 3.8) is 0 Å². The zero-order valence-corrected chi connectivity index (χ0v) is 13.2. The minimum absolute atomic E-state index is 0.284. The number of nitrogens with zero attached hydrogens (tertiary/aromatic N) is 2. The fraction of sp³-hybridized carbons (Fsp3) is 0.125. The maximum Gasteiger partial charge on any atom is 0.213 e. The number of benzene rings is 2. The first-order valence-electron chi connectivity index (χ1n) is 6.75. The summed E-state index contributed by atoms with van der Waals surface area (Å²) in [5, 5.41) is 7.15. The number of aromatic nitrogens is 2. The summed E-state index contributed by atoms with van der Waals surface area (Å²) in [7, 11) is 0. The Kier molecular flexibility index (Phi) is 4.98. The Hall–Kier alpha value is -1.98. The molecule has 1 N–H and O–H groups in total. The van der Waals surface area contributed by atoms with E-state index in [4.69, 9.17) is 16.1 Å². The number of hydrogen-bond acceptors (Lipinski definition) is 5. The lowest BCUT2D eigenvalue weighted by Crippen LogP contribution is -2.04. The predicted octanol–water partition coefficient (Wildman–Crippen LogP) is 4.71. The summed E-state index contributed by atoms with van der Waals surface area (Å²) in [5.41, 5.74) is 1.73. The summed E-state index contributed by atoms with van der Waals surface area (Å²) in [6.07, 6.45) is 1.34. The quantitative estimate of drug-likeness (QED) is 0.402. The molecule has 4 nitrogen and oxygen atoms in total. The van der Waals surface area contributed by atoms with E-state index < -0.39 is 0 Å². The number of rotatable bonds is 6. The van der Waals surface area contributed by atoms with Crippen molar-refractivity contribution in [3.05, 3.63) is 72.4 Å². The third kappa shape index (κ3) is 3.81. The monoisotopic (exact) mass is 331 g/mol. The van der Waals surface area contributed by atoms with Gasteiger partial charge in [0, 0.05) is 10.6 Å². The number of para-hydroxylation sites is 1. The van der Waals surface area contributed by atoms with Crippen molar-refractivity contribution in [3.8, 4) is 0 Å². The molecular weight excluding hydrogens is 318 g/mol. The minimum atomic E-state index is -0.284. The Balaban J connectivity index is 1.71. The van der Waals surface area contributed by atoms with E-state index in [1.807, 2.05) is 54.6 Å². The van der Waals surface area contributed by atoms with Gasteiger partial charge in [0.25, 0.3) is 0 Å². The Morgan fingerprint density at radius 1 is 1.09 bits per heavy atom. The molecular formula is C16H14ClN3OS. The van der Waals surface area contributed by atoms with Gasteiger partial charge < -0.3 is 9.84 Å². The maximum atomic E-state index is 6.45. The van der Waals surface area contributed by atoms with E-state index in [0.717, 1.165) is 16.1 Å². The Bertz CT molecular complexity index is 706. The molecule has 0 bridgehead atoms. The minimum Gasteiger partial charge on any atom is -0.365 e. The summed E-state index contributed by atoms with van der Waals surface area (Å²) in [5.74, 6) is 1.32. The van der Waals surface area contributed by atoms with Crippen molar-refractivity contribution in [2.24, 2.45) is 0 Å². The van der Waals surface area contributed by atoms with Crippen LogP contribution in [0.3, 0.4) is 0 Å². The van der Waals surface area contributed by atoms with Crippen LogP contribution >= 0.6 is 23.4 Å². The van der Waals surface area contributed by atoms with Gasteiger partial charge in [0.1, 0.15) is 5.50 Å². The molecule has 1 heterocycles. The van der Waals surface area contributed by atoms with E-state index in [9.17, 15) is 0 Å². The fourth-order valence-electron chi connectivity index (χ4n) is 1.95. The molecule has 22 heavy (non-hydrogen) atoms. The van der Waals surface area contributed by atoms with Gasteiger partial charge in [0.05, 0.1) is 5.75 Å². The maximum absolute atomic E-state index is 6.45. The number of alkyl halides is 1. The van der Waals surface area contributed by atoms with Crippen LogP contribution < -0.4 is 5.32 Å². The number of nitrogens with one attached hydrogen (secondary N) is 1. The van der Waals surface area contributed by atoms with Gasteiger partial charge in [0.2, 0.25) is 6.39 Å². The smallest absolute Gasteiger partial charge is 0.213 e. The molecule has 1 atom stereocenters. The van der Waals surface area contributed by atoms with Gasteiger partial charge in [-0.1, -0.05) is 59.2 Å². The Labute approximate surface area is 137 Å². The van der Waals surface area contributed by atoms with Crippen LogP contribution in [-0.4, -0.2) is 10.1 Å². The topological polar surface area (TPSA) is 51.0 Å². The Morgan fingerprint density at radius 3 is 2.64 bits per heavy atom. The van der Waals surface area contributed by atoms with Crippen LogP contribution in [0.15, 0.2) is 70.4 Å². The summed E-state index contributed by atoms with van der Waals surface area (Å²) < 4.78 is 4.74. The van der Waals surface area contributed by atoms with Crippen LogP contribution in [-0.2, 0) is 5.75 Å². The first-order valence-corrected chi connectivity index (χ1v) is 8.18. The van der Waals surface area contributed by atoms with Crippen LogP contribution in [0.1, 0.15) is 16.9 Å². The van der Waals surface area contributed by atoms with Crippen LogP contribution in [0.25, 0.3) is 0 Å². The van der Waals surface area contributed by atoms with Crippen molar-refractivity contribution in [1.29, 1.82) is 0 Å². The molecule has 0 aliphatic carbocycles. The molecule has 0 aliphatic heterocycles. The number of hydrogen-bond donors (Lipinski definition) is 1. The molecule has 3 aromatic rings. The lowest BCUT2D eigenvalue weighted by Gasteiger charge is -2.16. The molecule has 3 rings (SSSR count). The second-order valence-corrected chi connectivity index (χ2v) is 6.00. The zero-order chi connectivity index (χ0) is 15.2. The van der Waals surface area contributed by atoms with Crippen molar-refractivity contribution in [2.45, 2.75) is 16.1 Å². The molecule has 0 amide bonds. The molecule has 0 aliphatic rings. The predicted molar refractivity (Wildman–Crippen MR) is 89.0 cm³/mol. The van der Waals surface area contributed by atoms with Gasteiger partial charge in [-0.15, -0.1) is 11.8 Å². The molecule has 1 aromatic heterocycles. The first kappa shape index (κ1) is 14.9. The summed E-state index contributed by atoms with van der Waals surface area (Å²) >= 11 is 8.09. The SMILES string of the molecule is ClC(Nc1ccccc1SCc1ncon1)c1ccccc1. The molecule has 2 aromatic carbocycles. The highest BCUT2D eigenvalue weighted by Crippen LogP contribution is 2.32. The molecule has 0 fully saturated rings. The van der Waals surface area contributed by atoms with E-state index in [1.165, 1.54) is 6.39 Å². The molecule has 1 unspecified atom stereocenters. The molecule has 0 spiro atoms. The normalized spacial score (nSPS) is 12.0. The highest BCUT2D eigenvalue weighted by atomic mass is 35.5. The van der Waals surface area contributed by atoms with Gasteiger partial charge in [-0.25, -0.2) is 0 Å². The van der Waals surface area contributed by atoms with E-state index in [2.05, 4.69) is 15.5 Å². The third-order valence-electron chi connectivity index (χ3n) is 3.03. The van der Waals surface area contributed by atoms with E-state index in [0.29, 0.717) is 11.6 Å². The van der Waals surface area contributed by atoms with Gasteiger partial charge in [0.15, 0.2) is 5.82 Å². The first-order chi connectivity index (χ1) is 10.8. The lowest BCUT2D eigenvalue weighted by molar-refractivity contribution is 0.412. The molecule has 0 radical (unpaired) electrons. The van der Waals surface area contributed by atoms with Crippen LogP contribution in [0.4, 0.5) is 5.69 Å². The van der Waals surface area contributed by atoms with Crippen molar-refractivity contribution in [1.82, 2.24) is 10.1 Å². The van der Waals surface area contributed by atoms with E-state index >= 15 is 0 Å². The van der Waals surface area contributed by atoms with Crippen LogP contribution in [0, 0.1) is 0 Å². The highest BCUT2D eigenvalue weighted by Gasteiger charge is 2.10. The second-order valence-electron chi connectivity index (χ2n) is 4.55. The number of halogens is 1. The van der Waals surface area contributed by atoms with Crippen molar-refractivity contribution < 1.29 is 4.52 Å². The molecule has 0 saturated heterocycles. The van der Waals surface area contributed by atoms with E-state index in [-0.39, 0.29) is 5.50 Å².